The summed E-state index contributed by atoms with van der Waals surface area (Å²) in [6.07, 6.45) is 0.857. The minimum Gasteiger partial charge on any atom is -0.337 e. The maximum Gasteiger partial charge on any atom is 0.253 e. The fraction of sp³-hybridized carbons (Fsp3) is 0.263. The van der Waals surface area contributed by atoms with Gasteiger partial charge in [-0.15, -0.1) is 0 Å². The van der Waals surface area contributed by atoms with E-state index >= 15 is 0 Å². The molecule has 4 heteroatoms. The first-order valence-corrected chi connectivity index (χ1v) is 7.81. The molecule has 0 unspecified atom stereocenters. The van der Waals surface area contributed by atoms with Gasteiger partial charge in [-0.05, 0) is 36.6 Å². The Labute approximate surface area is 135 Å². The third-order valence-corrected chi connectivity index (χ3v) is 4.26. The number of rotatable bonds is 3. The lowest BCUT2D eigenvalue weighted by atomic mass is 9.96. The van der Waals surface area contributed by atoms with E-state index in [-0.39, 0.29) is 17.7 Å². The number of hydrogen-bond donors (Lipinski definition) is 1. The molecule has 3 rings (SSSR count). The number of nitrogens with zero attached hydrogens (tertiary/aromatic N) is 1. The number of likely N-dealkylation sites (tertiary alicyclic amines) is 1. The van der Waals surface area contributed by atoms with Crippen molar-refractivity contribution in [3.8, 4) is 11.1 Å². The first-order chi connectivity index (χ1) is 11.1. The Morgan fingerprint density at radius 2 is 1.78 bits per heavy atom. The molecule has 2 N–H and O–H groups in total. The van der Waals surface area contributed by atoms with Gasteiger partial charge in [0.05, 0.1) is 0 Å². The molecule has 2 aromatic rings. The van der Waals surface area contributed by atoms with Crippen molar-refractivity contribution in [2.45, 2.75) is 19.4 Å². The highest BCUT2D eigenvalue weighted by Gasteiger charge is 2.24. The third-order valence-electron chi connectivity index (χ3n) is 4.26. The van der Waals surface area contributed by atoms with Crippen LogP contribution < -0.4 is 5.73 Å². The Kier molecular flexibility index (Phi) is 4.26. The normalized spacial score (nSPS) is 17.3. The van der Waals surface area contributed by atoms with Crippen LogP contribution in [-0.4, -0.2) is 35.7 Å². The lowest BCUT2D eigenvalue weighted by Crippen LogP contribution is -2.31. The highest BCUT2D eigenvalue weighted by atomic mass is 16.2. The Bertz CT molecular complexity index is 737. The summed E-state index contributed by atoms with van der Waals surface area (Å²) in [7, 11) is 0. The summed E-state index contributed by atoms with van der Waals surface area (Å²) in [5, 5.41) is 0. The molecule has 0 bridgehead atoms. The van der Waals surface area contributed by atoms with Crippen LogP contribution >= 0.6 is 0 Å². The van der Waals surface area contributed by atoms with Crippen molar-refractivity contribution >= 4 is 11.7 Å². The molecule has 23 heavy (non-hydrogen) atoms. The highest BCUT2D eigenvalue weighted by Crippen LogP contribution is 2.25. The zero-order chi connectivity index (χ0) is 16.4. The van der Waals surface area contributed by atoms with Crippen LogP contribution in [0.4, 0.5) is 0 Å². The molecule has 2 aromatic carbocycles. The summed E-state index contributed by atoms with van der Waals surface area (Å²) >= 11 is 0. The fourth-order valence-corrected chi connectivity index (χ4v) is 2.99. The number of hydrogen-bond acceptors (Lipinski definition) is 3. The molecule has 0 aliphatic carbocycles. The Hall–Kier alpha value is -2.46. The van der Waals surface area contributed by atoms with E-state index in [1.165, 1.54) is 0 Å². The Morgan fingerprint density at radius 1 is 1.09 bits per heavy atom. The quantitative estimate of drug-likeness (QED) is 0.887. The molecular weight excluding hydrogens is 288 g/mol. The lowest BCUT2D eigenvalue weighted by molar-refractivity contribution is 0.0790. The smallest absolute Gasteiger partial charge is 0.253 e. The molecule has 1 fully saturated rings. The Morgan fingerprint density at radius 3 is 2.39 bits per heavy atom. The van der Waals surface area contributed by atoms with E-state index in [0.717, 1.165) is 24.1 Å². The van der Waals surface area contributed by atoms with Crippen molar-refractivity contribution in [2.24, 2.45) is 5.73 Å². The molecular formula is C19H20N2O2. The van der Waals surface area contributed by atoms with Gasteiger partial charge in [0.1, 0.15) is 0 Å². The van der Waals surface area contributed by atoms with Crippen molar-refractivity contribution in [2.75, 3.05) is 13.1 Å². The molecule has 0 spiro atoms. The molecule has 118 valence electrons. The molecule has 0 aromatic heterocycles. The van der Waals surface area contributed by atoms with Gasteiger partial charge in [-0.2, -0.15) is 0 Å². The standard InChI is InChI=1S/C19H20N2O2/c1-13(22)17-4-2-3-5-18(17)14-6-8-15(9-7-14)19(23)21-11-10-16(20)12-21/h2-9,16H,10-12,20H2,1H3/t16-/m1/s1. The minimum atomic E-state index is 0.0179. The number of ketones is 1. The van der Waals surface area contributed by atoms with E-state index in [0.29, 0.717) is 17.7 Å². The van der Waals surface area contributed by atoms with Crippen molar-refractivity contribution in [1.82, 2.24) is 4.90 Å². The largest absolute Gasteiger partial charge is 0.337 e. The summed E-state index contributed by atoms with van der Waals surface area (Å²) < 4.78 is 0. The molecule has 1 amide bonds. The monoisotopic (exact) mass is 308 g/mol. The van der Waals surface area contributed by atoms with Crippen LogP contribution in [0.3, 0.4) is 0 Å². The molecule has 1 aliphatic rings. The van der Waals surface area contributed by atoms with Crippen molar-refractivity contribution in [3.05, 3.63) is 59.7 Å². The van der Waals surface area contributed by atoms with E-state index in [4.69, 9.17) is 5.73 Å². The molecule has 1 saturated heterocycles. The zero-order valence-electron chi connectivity index (χ0n) is 13.2. The van der Waals surface area contributed by atoms with Crippen LogP contribution in [0.1, 0.15) is 34.1 Å². The lowest BCUT2D eigenvalue weighted by Gasteiger charge is -2.16. The maximum atomic E-state index is 12.4. The second-order valence-corrected chi connectivity index (χ2v) is 5.98. The number of nitrogens with two attached hydrogens (primary N) is 1. The van der Waals surface area contributed by atoms with Gasteiger partial charge < -0.3 is 10.6 Å². The number of Topliss-reactive ketones (excluding diaryl/α,β-unsaturated/α-hetero) is 1. The van der Waals surface area contributed by atoms with Gasteiger partial charge >= 0.3 is 0 Å². The van der Waals surface area contributed by atoms with Gasteiger partial charge in [-0.1, -0.05) is 36.4 Å². The number of amides is 1. The molecule has 1 atom stereocenters. The van der Waals surface area contributed by atoms with E-state index in [1.54, 1.807) is 11.8 Å². The second kappa shape index (κ2) is 6.34. The average molecular weight is 308 g/mol. The summed E-state index contributed by atoms with van der Waals surface area (Å²) in [6.45, 7) is 2.90. The third kappa shape index (κ3) is 3.17. The van der Waals surface area contributed by atoms with Gasteiger partial charge in [-0.3, -0.25) is 9.59 Å². The first kappa shape index (κ1) is 15.4. The van der Waals surface area contributed by atoms with Crippen LogP contribution in [-0.2, 0) is 0 Å². The van der Waals surface area contributed by atoms with E-state index in [9.17, 15) is 9.59 Å². The van der Waals surface area contributed by atoms with Gasteiger partial charge in [0.15, 0.2) is 5.78 Å². The van der Waals surface area contributed by atoms with E-state index in [1.807, 2.05) is 48.5 Å². The van der Waals surface area contributed by atoms with Gasteiger partial charge in [0.2, 0.25) is 0 Å². The van der Waals surface area contributed by atoms with Crippen molar-refractivity contribution in [1.29, 1.82) is 0 Å². The predicted molar refractivity (Wildman–Crippen MR) is 90.4 cm³/mol. The molecule has 1 aliphatic heterocycles. The molecule has 0 saturated carbocycles. The number of carbonyl (C=O) groups excluding carboxylic acids is 2. The molecule has 4 nitrogen and oxygen atoms in total. The first-order valence-electron chi connectivity index (χ1n) is 7.81. The zero-order valence-corrected chi connectivity index (χ0v) is 13.2. The summed E-state index contributed by atoms with van der Waals surface area (Å²) in [6, 6.07) is 15.0. The van der Waals surface area contributed by atoms with Gasteiger partial charge in [0.25, 0.3) is 5.91 Å². The summed E-state index contributed by atoms with van der Waals surface area (Å²) in [5.41, 5.74) is 9.03. The summed E-state index contributed by atoms with van der Waals surface area (Å²) in [5.74, 6) is 0.0520. The topological polar surface area (TPSA) is 63.4 Å². The summed E-state index contributed by atoms with van der Waals surface area (Å²) in [4.78, 5) is 26.0. The second-order valence-electron chi connectivity index (χ2n) is 5.98. The van der Waals surface area contributed by atoms with Crippen LogP contribution in [0.15, 0.2) is 48.5 Å². The fourth-order valence-electron chi connectivity index (χ4n) is 2.99. The minimum absolute atomic E-state index is 0.0179. The molecule has 1 heterocycles. The highest BCUT2D eigenvalue weighted by molar-refractivity contribution is 6.01. The van der Waals surface area contributed by atoms with Gasteiger partial charge in [0, 0.05) is 30.3 Å². The number of carbonyl (C=O) groups is 2. The van der Waals surface area contributed by atoms with Crippen molar-refractivity contribution in [3.63, 3.8) is 0 Å². The maximum absolute atomic E-state index is 12.4. The average Bonchev–Trinajstić information content (AvgIpc) is 3.01. The SMILES string of the molecule is CC(=O)c1ccccc1-c1ccc(C(=O)N2CC[C@@H](N)C2)cc1. The van der Waals surface area contributed by atoms with Crippen LogP contribution in [0, 0.1) is 0 Å². The van der Waals surface area contributed by atoms with Gasteiger partial charge in [-0.25, -0.2) is 0 Å². The van der Waals surface area contributed by atoms with Crippen LogP contribution in [0.25, 0.3) is 11.1 Å². The van der Waals surface area contributed by atoms with Crippen LogP contribution in [0.5, 0.6) is 0 Å². The Balaban J connectivity index is 1.85. The number of benzene rings is 2. The predicted octanol–water partition coefficient (Wildman–Crippen LogP) is 2.73. The van der Waals surface area contributed by atoms with E-state index < -0.39 is 0 Å². The van der Waals surface area contributed by atoms with E-state index in [2.05, 4.69) is 0 Å². The van der Waals surface area contributed by atoms with Crippen molar-refractivity contribution < 1.29 is 9.59 Å². The molecule has 0 radical (unpaired) electrons. The van der Waals surface area contributed by atoms with Crippen LogP contribution in [0.2, 0.25) is 0 Å².